The summed E-state index contributed by atoms with van der Waals surface area (Å²) < 4.78 is 46.5. The molecule has 2 aromatic carbocycles. The van der Waals surface area contributed by atoms with E-state index in [4.69, 9.17) is 4.74 Å². The van der Waals surface area contributed by atoms with Gasteiger partial charge in [0.05, 0.1) is 42.0 Å². The van der Waals surface area contributed by atoms with Crippen molar-refractivity contribution in [1.82, 2.24) is 14.3 Å². The largest absolute Gasteiger partial charge is 0.497 e. The van der Waals surface area contributed by atoms with Crippen LogP contribution in [0.15, 0.2) is 53.5 Å². The first-order valence-electron chi connectivity index (χ1n) is 8.68. The van der Waals surface area contributed by atoms with Gasteiger partial charge in [0.1, 0.15) is 12.3 Å². The predicted molar refractivity (Wildman–Crippen MR) is 101 cm³/mol. The number of aliphatic hydroxyl groups excluding tert-OH is 1. The summed E-state index contributed by atoms with van der Waals surface area (Å²) in [4.78, 5) is 12.9. The first-order valence-corrected chi connectivity index (χ1v) is 8.68. The van der Waals surface area contributed by atoms with E-state index < -0.39 is 18.3 Å². The second-order valence-electron chi connectivity index (χ2n) is 6.50. The minimum Gasteiger partial charge on any atom is -0.497 e. The smallest absolute Gasteiger partial charge is 0.406 e. The minimum atomic E-state index is -4.55. The number of alkyl halides is 3. The van der Waals surface area contributed by atoms with Crippen molar-refractivity contribution in [3.05, 3.63) is 64.6 Å². The Hall–Kier alpha value is -3.33. The number of rotatable bonds is 4. The lowest BCUT2D eigenvalue weighted by atomic mass is 10.1. The van der Waals surface area contributed by atoms with Crippen LogP contribution in [0.1, 0.15) is 5.56 Å². The van der Waals surface area contributed by atoms with E-state index in [1.54, 1.807) is 36.4 Å². The van der Waals surface area contributed by atoms with Gasteiger partial charge in [0.25, 0.3) is 5.56 Å². The molecule has 1 N–H and O–H groups in total. The van der Waals surface area contributed by atoms with E-state index in [1.807, 2.05) is 0 Å². The van der Waals surface area contributed by atoms with Crippen LogP contribution < -0.4 is 10.3 Å². The number of fused-ring (bicyclic) bond motifs is 3. The summed E-state index contributed by atoms with van der Waals surface area (Å²) in [6.45, 7) is -1.70. The molecule has 6 nitrogen and oxygen atoms in total. The molecule has 0 spiro atoms. The van der Waals surface area contributed by atoms with Crippen LogP contribution in [0.4, 0.5) is 13.2 Å². The molecule has 0 bridgehead atoms. The molecule has 0 amide bonds. The molecule has 2 aromatic heterocycles. The van der Waals surface area contributed by atoms with E-state index in [-0.39, 0.29) is 17.5 Å². The van der Waals surface area contributed by atoms with Crippen molar-refractivity contribution in [3.8, 4) is 11.4 Å². The number of methoxy groups -OCH3 is 1. The molecule has 9 heteroatoms. The van der Waals surface area contributed by atoms with Crippen molar-refractivity contribution in [3.63, 3.8) is 0 Å². The SMILES string of the molecule is COc1ccc(-n2ncc3c(=O)n(CC(F)(F)F)c4ccccc4c32)c(CO)c1. The number of aliphatic hydroxyl groups is 1. The monoisotopic (exact) mass is 403 g/mol. The Balaban J connectivity index is 2.07. The summed E-state index contributed by atoms with van der Waals surface area (Å²) in [7, 11) is 1.50. The van der Waals surface area contributed by atoms with Gasteiger partial charge in [0.15, 0.2) is 0 Å². The number of benzene rings is 2. The Morgan fingerprint density at radius 1 is 1.14 bits per heavy atom. The lowest BCUT2D eigenvalue weighted by molar-refractivity contribution is -0.140. The Bertz CT molecular complexity index is 1280. The third-order valence-electron chi connectivity index (χ3n) is 4.72. The number of para-hydroxylation sites is 1. The summed E-state index contributed by atoms with van der Waals surface area (Å²) in [5, 5.41) is 14.5. The first-order chi connectivity index (χ1) is 13.8. The normalized spacial score (nSPS) is 12.0. The van der Waals surface area contributed by atoms with Crippen LogP contribution in [-0.4, -0.2) is 32.7 Å². The van der Waals surface area contributed by atoms with Gasteiger partial charge in [-0.25, -0.2) is 4.68 Å². The van der Waals surface area contributed by atoms with Gasteiger partial charge in [-0.15, -0.1) is 0 Å². The number of ether oxygens (including phenoxy) is 1. The topological polar surface area (TPSA) is 69.3 Å². The van der Waals surface area contributed by atoms with Crippen LogP contribution >= 0.6 is 0 Å². The molecule has 0 atom stereocenters. The van der Waals surface area contributed by atoms with E-state index in [2.05, 4.69) is 5.10 Å². The molecule has 0 fully saturated rings. The van der Waals surface area contributed by atoms with Gasteiger partial charge in [0.2, 0.25) is 0 Å². The second-order valence-corrected chi connectivity index (χ2v) is 6.50. The summed E-state index contributed by atoms with van der Waals surface area (Å²) >= 11 is 0. The molecular weight excluding hydrogens is 387 g/mol. The summed E-state index contributed by atoms with van der Waals surface area (Å²) in [6, 6.07) is 11.4. The number of hydrogen-bond acceptors (Lipinski definition) is 4. The zero-order chi connectivity index (χ0) is 20.8. The first kappa shape index (κ1) is 19.0. The second kappa shape index (κ2) is 6.93. The average molecular weight is 403 g/mol. The Labute approximate surface area is 162 Å². The average Bonchev–Trinajstić information content (AvgIpc) is 3.15. The van der Waals surface area contributed by atoms with Crippen molar-refractivity contribution in [1.29, 1.82) is 0 Å². The quantitative estimate of drug-likeness (QED) is 0.567. The highest BCUT2D eigenvalue weighted by molar-refractivity contribution is 6.04. The molecule has 4 aromatic rings. The van der Waals surface area contributed by atoms with Gasteiger partial charge in [-0.05, 0) is 24.3 Å². The van der Waals surface area contributed by atoms with E-state index in [0.29, 0.717) is 32.5 Å². The number of aromatic nitrogens is 3. The number of nitrogens with zero attached hydrogens (tertiary/aromatic N) is 3. The van der Waals surface area contributed by atoms with Crippen LogP contribution in [0.5, 0.6) is 5.75 Å². The maximum atomic E-state index is 13.1. The standard InChI is InChI=1S/C20H16F3N3O3/c1-29-13-6-7-16(12(8-13)10-27)26-18-14-4-2-3-5-17(14)25(11-20(21,22)23)19(28)15(18)9-24-26/h2-9,27H,10-11H2,1H3. The molecule has 4 rings (SSSR count). The molecule has 150 valence electrons. The highest BCUT2D eigenvalue weighted by Gasteiger charge is 2.30. The van der Waals surface area contributed by atoms with E-state index in [1.165, 1.54) is 24.1 Å². The lowest BCUT2D eigenvalue weighted by Crippen LogP contribution is -2.28. The van der Waals surface area contributed by atoms with Crippen LogP contribution in [0.2, 0.25) is 0 Å². The zero-order valence-electron chi connectivity index (χ0n) is 15.3. The van der Waals surface area contributed by atoms with Gasteiger partial charge in [-0.1, -0.05) is 18.2 Å². The van der Waals surface area contributed by atoms with Crippen molar-refractivity contribution in [2.24, 2.45) is 0 Å². The van der Waals surface area contributed by atoms with Crippen LogP contribution in [0.25, 0.3) is 27.5 Å². The predicted octanol–water partition coefficient (Wildman–Crippen LogP) is 3.40. The van der Waals surface area contributed by atoms with E-state index in [9.17, 15) is 23.1 Å². The molecule has 0 aliphatic rings. The van der Waals surface area contributed by atoms with Crippen molar-refractivity contribution < 1.29 is 23.0 Å². The van der Waals surface area contributed by atoms with E-state index >= 15 is 0 Å². The van der Waals surface area contributed by atoms with Crippen LogP contribution in [0.3, 0.4) is 0 Å². The maximum absolute atomic E-state index is 13.1. The van der Waals surface area contributed by atoms with Gasteiger partial charge < -0.3 is 9.84 Å². The summed E-state index contributed by atoms with van der Waals surface area (Å²) in [6.07, 6.45) is -3.29. The third-order valence-corrected chi connectivity index (χ3v) is 4.72. The van der Waals surface area contributed by atoms with Crippen molar-refractivity contribution >= 4 is 21.8 Å². The fraction of sp³-hybridized carbons (Fsp3) is 0.200. The maximum Gasteiger partial charge on any atom is 0.406 e. The third kappa shape index (κ3) is 3.23. The van der Waals surface area contributed by atoms with Gasteiger partial charge in [-0.2, -0.15) is 18.3 Å². The molecule has 0 aliphatic heterocycles. The van der Waals surface area contributed by atoms with Crippen molar-refractivity contribution in [2.75, 3.05) is 7.11 Å². The van der Waals surface area contributed by atoms with E-state index in [0.717, 1.165) is 0 Å². The number of pyridine rings is 1. The number of halogens is 3. The summed E-state index contributed by atoms with van der Waals surface area (Å²) in [5.74, 6) is 0.534. The molecule has 0 saturated heterocycles. The summed E-state index contributed by atoms with van der Waals surface area (Å²) in [5.41, 5.74) is 0.757. The van der Waals surface area contributed by atoms with Gasteiger partial charge in [-0.3, -0.25) is 9.36 Å². The van der Waals surface area contributed by atoms with Gasteiger partial charge in [0, 0.05) is 10.9 Å². The fourth-order valence-corrected chi connectivity index (χ4v) is 3.47. The number of hydrogen-bond donors (Lipinski definition) is 1. The highest BCUT2D eigenvalue weighted by Crippen LogP contribution is 2.29. The molecule has 0 unspecified atom stereocenters. The molecule has 29 heavy (non-hydrogen) atoms. The molecule has 2 heterocycles. The van der Waals surface area contributed by atoms with Crippen LogP contribution in [-0.2, 0) is 13.2 Å². The lowest BCUT2D eigenvalue weighted by Gasteiger charge is -2.15. The fourth-order valence-electron chi connectivity index (χ4n) is 3.47. The Morgan fingerprint density at radius 3 is 2.59 bits per heavy atom. The molecule has 0 aliphatic carbocycles. The highest BCUT2D eigenvalue weighted by atomic mass is 19.4. The molecular formula is C20H16F3N3O3. The van der Waals surface area contributed by atoms with Crippen molar-refractivity contribution in [2.45, 2.75) is 19.3 Å². The zero-order valence-corrected chi connectivity index (χ0v) is 15.3. The van der Waals surface area contributed by atoms with Gasteiger partial charge >= 0.3 is 6.18 Å². The molecule has 0 radical (unpaired) electrons. The minimum absolute atomic E-state index is 0.0626. The van der Waals surface area contributed by atoms with Crippen LogP contribution in [0, 0.1) is 0 Å². The Kier molecular flexibility index (Phi) is 4.54. The Morgan fingerprint density at radius 2 is 1.90 bits per heavy atom. The molecule has 0 saturated carbocycles.